The predicted octanol–water partition coefficient (Wildman–Crippen LogP) is 3.78. The van der Waals surface area contributed by atoms with E-state index in [1.165, 1.54) is 31.2 Å². The Balaban J connectivity index is 1.97. The molecule has 1 unspecified atom stereocenters. The van der Waals surface area contributed by atoms with Crippen LogP contribution in [0.15, 0.2) is 24.3 Å². The van der Waals surface area contributed by atoms with E-state index in [2.05, 4.69) is 12.2 Å². The van der Waals surface area contributed by atoms with Gasteiger partial charge in [0.05, 0.1) is 0 Å². The van der Waals surface area contributed by atoms with Crippen LogP contribution in [0.2, 0.25) is 0 Å². The number of nitrogens with one attached hydrogen (secondary N) is 1. The fourth-order valence-electron chi connectivity index (χ4n) is 3.09. The second-order valence-electron chi connectivity index (χ2n) is 5.44. The topological polar surface area (TPSA) is 12.0 Å². The van der Waals surface area contributed by atoms with Crippen LogP contribution in [0.5, 0.6) is 0 Å². The number of hydrogen-bond donors (Lipinski definition) is 1. The van der Waals surface area contributed by atoms with Crippen molar-refractivity contribution in [1.82, 2.24) is 5.32 Å². The van der Waals surface area contributed by atoms with E-state index in [0.29, 0.717) is 5.92 Å². The number of halogens is 1. The molecule has 0 aromatic heterocycles. The molecule has 0 heterocycles. The Labute approximate surface area is 110 Å². The SMILES string of the molecule is CCNCC(Cc1ccc(F)cc1)C1CCCC1. The zero-order chi connectivity index (χ0) is 12.8. The van der Waals surface area contributed by atoms with Gasteiger partial charge in [-0.1, -0.05) is 44.7 Å². The van der Waals surface area contributed by atoms with Gasteiger partial charge in [0.2, 0.25) is 0 Å². The summed E-state index contributed by atoms with van der Waals surface area (Å²) in [5, 5.41) is 3.48. The lowest BCUT2D eigenvalue weighted by molar-refractivity contribution is 0.323. The Morgan fingerprint density at radius 1 is 1.22 bits per heavy atom. The summed E-state index contributed by atoms with van der Waals surface area (Å²) in [4.78, 5) is 0. The molecule has 2 heteroatoms. The molecule has 0 amide bonds. The van der Waals surface area contributed by atoms with E-state index in [-0.39, 0.29) is 5.82 Å². The molecule has 0 radical (unpaired) electrons. The van der Waals surface area contributed by atoms with E-state index in [9.17, 15) is 4.39 Å². The molecule has 1 atom stereocenters. The third-order valence-corrected chi connectivity index (χ3v) is 4.13. The molecule has 0 saturated heterocycles. The van der Waals surface area contributed by atoms with Crippen molar-refractivity contribution in [2.45, 2.75) is 39.0 Å². The molecule has 0 spiro atoms. The first-order valence-corrected chi connectivity index (χ1v) is 7.24. The van der Waals surface area contributed by atoms with E-state index >= 15 is 0 Å². The molecule has 1 fully saturated rings. The van der Waals surface area contributed by atoms with Gasteiger partial charge >= 0.3 is 0 Å². The molecule has 1 aromatic rings. The third kappa shape index (κ3) is 3.81. The summed E-state index contributed by atoms with van der Waals surface area (Å²) >= 11 is 0. The predicted molar refractivity (Wildman–Crippen MR) is 74.1 cm³/mol. The maximum absolute atomic E-state index is 12.9. The van der Waals surface area contributed by atoms with Crippen molar-refractivity contribution >= 4 is 0 Å². The van der Waals surface area contributed by atoms with Crippen LogP contribution in [-0.2, 0) is 6.42 Å². The smallest absolute Gasteiger partial charge is 0.123 e. The highest BCUT2D eigenvalue weighted by Gasteiger charge is 2.24. The van der Waals surface area contributed by atoms with Crippen molar-refractivity contribution in [3.63, 3.8) is 0 Å². The number of rotatable bonds is 6. The van der Waals surface area contributed by atoms with Crippen LogP contribution in [-0.4, -0.2) is 13.1 Å². The van der Waals surface area contributed by atoms with Gasteiger partial charge in [0.1, 0.15) is 5.82 Å². The van der Waals surface area contributed by atoms with E-state index in [1.54, 1.807) is 12.1 Å². The van der Waals surface area contributed by atoms with Crippen molar-refractivity contribution in [3.8, 4) is 0 Å². The molecule has 1 aromatic carbocycles. The van der Waals surface area contributed by atoms with Crippen LogP contribution in [0.4, 0.5) is 4.39 Å². The zero-order valence-corrected chi connectivity index (χ0v) is 11.3. The lowest BCUT2D eigenvalue weighted by Gasteiger charge is -2.24. The lowest BCUT2D eigenvalue weighted by atomic mass is 9.85. The zero-order valence-electron chi connectivity index (χ0n) is 11.3. The molecule has 1 aliphatic carbocycles. The first-order valence-electron chi connectivity index (χ1n) is 7.24. The van der Waals surface area contributed by atoms with Gasteiger partial charge in [0.25, 0.3) is 0 Å². The largest absolute Gasteiger partial charge is 0.317 e. The Hall–Kier alpha value is -0.890. The third-order valence-electron chi connectivity index (χ3n) is 4.13. The van der Waals surface area contributed by atoms with Crippen molar-refractivity contribution in [2.24, 2.45) is 11.8 Å². The van der Waals surface area contributed by atoms with Gasteiger partial charge in [-0.25, -0.2) is 4.39 Å². The monoisotopic (exact) mass is 249 g/mol. The Kier molecular flexibility index (Phi) is 5.18. The standard InChI is InChI=1S/C16H24FN/c1-2-18-12-15(14-5-3-4-6-14)11-13-7-9-16(17)10-8-13/h7-10,14-15,18H,2-6,11-12H2,1H3. The van der Waals surface area contributed by atoms with Crippen LogP contribution in [0.1, 0.15) is 38.2 Å². The fourth-order valence-corrected chi connectivity index (χ4v) is 3.09. The minimum Gasteiger partial charge on any atom is -0.317 e. The van der Waals surface area contributed by atoms with Crippen molar-refractivity contribution in [1.29, 1.82) is 0 Å². The summed E-state index contributed by atoms with van der Waals surface area (Å²) in [6.07, 6.45) is 6.60. The molecule has 0 aliphatic heterocycles. The Bertz CT molecular complexity index is 341. The molecular weight excluding hydrogens is 225 g/mol. The second-order valence-corrected chi connectivity index (χ2v) is 5.44. The molecule has 2 rings (SSSR count). The van der Waals surface area contributed by atoms with Crippen LogP contribution < -0.4 is 5.32 Å². The summed E-state index contributed by atoms with van der Waals surface area (Å²) in [5.74, 6) is 1.43. The van der Waals surface area contributed by atoms with E-state index in [1.807, 2.05) is 12.1 Å². The minimum atomic E-state index is -0.136. The number of hydrogen-bond acceptors (Lipinski definition) is 1. The lowest BCUT2D eigenvalue weighted by Crippen LogP contribution is -2.28. The van der Waals surface area contributed by atoms with Crippen molar-refractivity contribution < 1.29 is 4.39 Å². The average Bonchev–Trinajstić information content (AvgIpc) is 2.90. The molecule has 1 N–H and O–H groups in total. The normalized spacial score (nSPS) is 18.1. The van der Waals surface area contributed by atoms with Crippen LogP contribution in [0.25, 0.3) is 0 Å². The van der Waals surface area contributed by atoms with Gasteiger partial charge in [-0.05, 0) is 49.0 Å². The molecule has 1 saturated carbocycles. The van der Waals surface area contributed by atoms with Crippen molar-refractivity contribution in [3.05, 3.63) is 35.6 Å². The molecule has 1 nitrogen and oxygen atoms in total. The van der Waals surface area contributed by atoms with Gasteiger partial charge < -0.3 is 5.32 Å². The van der Waals surface area contributed by atoms with Gasteiger partial charge in [0, 0.05) is 0 Å². The van der Waals surface area contributed by atoms with E-state index in [4.69, 9.17) is 0 Å². The summed E-state index contributed by atoms with van der Waals surface area (Å²) in [6.45, 7) is 4.29. The second kappa shape index (κ2) is 6.89. The van der Waals surface area contributed by atoms with Gasteiger partial charge in [0.15, 0.2) is 0 Å². The highest BCUT2D eigenvalue weighted by atomic mass is 19.1. The van der Waals surface area contributed by atoms with Crippen LogP contribution >= 0.6 is 0 Å². The van der Waals surface area contributed by atoms with E-state index < -0.39 is 0 Å². The quantitative estimate of drug-likeness (QED) is 0.809. The van der Waals surface area contributed by atoms with Gasteiger partial charge in [-0.15, -0.1) is 0 Å². The fraction of sp³-hybridized carbons (Fsp3) is 0.625. The van der Waals surface area contributed by atoms with Gasteiger partial charge in [-0.3, -0.25) is 0 Å². The molecule has 1 aliphatic rings. The maximum Gasteiger partial charge on any atom is 0.123 e. The van der Waals surface area contributed by atoms with Crippen LogP contribution in [0.3, 0.4) is 0 Å². The summed E-state index contributed by atoms with van der Waals surface area (Å²) in [7, 11) is 0. The van der Waals surface area contributed by atoms with Crippen molar-refractivity contribution in [2.75, 3.05) is 13.1 Å². The average molecular weight is 249 g/mol. The van der Waals surface area contributed by atoms with Crippen LogP contribution in [0, 0.1) is 17.7 Å². The maximum atomic E-state index is 12.9. The highest BCUT2D eigenvalue weighted by Crippen LogP contribution is 2.33. The first kappa shape index (κ1) is 13.5. The molecular formula is C16H24FN. The van der Waals surface area contributed by atoms with Gasteiger partial charge in [-0.2, -0.15) is 0 Å². The Morgan fingerprint density at radius 2 is 1.89 bits per heavy atom. The summed E-state index contributed by atoms with van der Waals surface area (Å²) in [6, 6.07) is 7.02. The first-order chi connectivity index (χ1) is 8.79. The minimum absolute atomic E-state index is 0.136. The highest BCUT2D eigenvalue weighted by molar-refractivity contribution is 5.17. The Morgan fingerprint density at radius 3 is 2.50 bits per heavy atom. The van der Waals surface area contributed by atoms with E-state index in [0.717, 1.165) is 25.4 Å². The molecule has 18 heavy (non-hydrogen) atoms. The molecule has 0 bridgehead atoms. The summed E-state index contributed by atoms with van der Waals surface area (Å²) < 4.78 is 12.9. The summed E-state index contributed by atoms with van der Waals surface area (Å²) in [5.41, 5.74) is 1.27. The molecule has 100 valence electrons. The number of benzene rings is 1.